The standard InChI is InChI=1S/C16H17N5S/c1-10-7-12(11(2)14(8-19-10)20-9-17-3)15-21-13-5-4-6-18-16(13)22-15/h4-7,9-10,19H,3,8H2,1-2H3/b20-9-/t10-/m1/s1. The molecular formula is C16H17N5S. The topological polar surface area (TPSA) is 62.5 Å². The Labute approximate surface area is 133 Å². The van der Waals surface area contributed by atoms with Crippen molar-refractivity contribution < 1.29 is 0 Å². The van der Waals surface area contributed by atoms with Crippen LogP contribution >= 0.6 is 11.3 Å². The van der Waals surface area contributed by atoms with E-state index >= 15 is 0 Å². The number of fused-ring (bicyclic) bond motifs is 1. The summed E-state index contributed by atoms with van der Waals surface area (Å²) in [6.45, 7) is 8.33. The molecule has 1 aliphatic rings. The number of aromatic nitrogens is 2. The highest BCUT2D eigenvalue weighted by molar-refractivity contribution is 7.19. The molecule has 0 saturated carbocycles. The van der Waals surface area contributed by atoms with Crippen LogP contribution in [-0.2, 0) is 0 Å². The van der Waals surface area contributed by atoms with Crippen molar-refractivity contribution in [1.82, 2.24) is 15.3 Å². The first-order valence-electron chi connectivity index (χ1n) is 7.04. The highest BCUT2D eigenvalue weighted by atomic mass is 32.1. The second-order valence-electron chi connectivity index (χ2n) is 5.10. The molecule has 112 valence electrons. The molecule has 0 aliphatic carbocycles. The Bertz CT molecular complexity index is 767. The lowest BCUT2D eigenvalue weighted by Crippen LogP contribution is -2.24. The van der Waals surface area contributed by atoms with Crippen LogP contribution in [0.25, 0.3) is 15.9 Å². The molecule has 1 atom stereocenters. The van der Waals surface area contributed by atoms with Crippen LogP contribution in [0, 0.1) is 0 Å². The van der Waals surface area contributed by atoms with Crippen LogP contribution < -0.4 is 5.32 Å². The zero-order chi connectivity index (χ0) is 15.5. The summed E-state index contributed by atoms with van der Waals surface area (Å²) < 4.78 is 0. The third-order valence-corrected chi connectivity index (χ3v) is 4.55. The van der Waals surface area contributed by atoms with E-state index in [-0.39, 0.29) is 6.04 Å². The lowest BCUT2D eigenvalue weighted by atomic mass is 10.1. The van der Waals surface area contributed by atoms with Gasteiger partial charge in [0, 0.05) is 24.4 Å². The van der Waals surface area contributed by atoms with Crippen molar-refractivity contribution in [2.24, 2.45) is 9.98 Å². The van der Waals surface area contributed by atoms with Crippen molar-refractivity contribution >= 4 is 40.3 Å². The van der Waals surface area contributed by atoms with E-state index in [1.165, 1.54) is 6.34 Å². The Morgan fingerprint density at radius 2 is 2.36 bits per heavy atom. The number of hydrogen-bond acceptors (Lipinski definition) is 5. The van der Waals surface area contributed by atoms with Gasteiger partial charge in [-0.1, -0.05) is 17.4 Å². The van der Waals surface area contributed by atoms with Gasteiger partial charge in [0.05, 0.1) is 5.70 Å². The first-order chi connectivity index (χ1) is 10.7. The van der Waals surface area contributed by atoms with Crippen LogP contribution in [0.15, 0.2) is 45.7 Å². The predicted octanol–water partition coefficient (Wildman–Crippen LogP) is 3.07. The van der Waals surface area contributed by atoms with Gasteiger partial charge >= 0.3 is 0 Å². The van der Waals surface area contributed by atoms with Gasteiger partial charge in [0.25, 0.3) is 0 Å². The van der Waals surface area contributed by atoms with Gasteiger partial charge in [0.2, 0.25) is 0 Å². The van der Waals surface area contributed by atoms with E-state index in [9.17, 15) is 0 Å². The molecule has 1 N–H and O–H groups in total. The Kier molecular flexibility index (Phi) is 4.22. The minimum atomic E-state index is 0.245. The fourth-order valence-electron chi connectivity index (χ4n) is 2.35. The van der Waals surface area contributed by atoms with Crippen molar-refractivity contribution in [2.75, 3.05) is 6.54 Å². The van der Waals surface area contributed by atoms with Gasteiger partial charge in [-0.3, -0.25) is 4.99 Å². The summed E-state index contributed by atoms with van der Waals surface area (Å²) in [5.41, 5.74) is 4.10. The number of hydrogen-bond donors (Lipinski definition) is 1. The smallest absolute Gasteiger partial charge is 0.143 e. The summed E-state index contributed by atoms with van der Waals surface area (Å²) >= 11 is 1.60. The lowest BCUT2D eigenvalue weighted by molar-refractivity contribution is 0.674. The number of allylic oxidation sites excluding steroid dienone is 2. The van der Waals surface area contributed by atoms with Crippen molar-refractivity contribution in [3.05, 3.63) is 40.7 Å². The molecule has 2 aromatic heterocycles. The van der Waals surface area contributed by atoms with Crippen molar-refractivity contribution in [2.45, 2.75) is 19.9 Å². The summed E-state index contributed by atoms with van der Waals surface area (Å²) in [6, 6.07) is 4.14. The maximum Gasteiger partial charge on any atom is 0.143 e. The number of nitrogens with one attached hydrogen (secondary N) is 1. The minimum absolute atomic E-state index is 0.245. The summed E-state index contributed by atoms with van der Waals surface area (Å²) in [5.74, 6) is 0. The predicted molar refractivity (Wildman–Crippen MR) is 93.6 cm³/mol. The second kappa shape index (κ2) is 6.29. The number of aliphatic imine (C=N–C) groups is 2. The Balaban J connectivity index is 2.11. The van der Waals surface area contributed by atoms with Crippen LogP contribution in [0.2, 0.25) is 0 Å². The van der Waals surface area contributed by atoms with Crippen LogP contribution in [0.3, 0.4) is 0 Å². The van der Waals surface area contributed by atoms with Crippen molar-refractivity contribution in [3.63, 3.8) is 0 Å². The molecular weight excluding hydrogens is 294 g/mol. The average molecular weight is 311 g/mol. The normalized spacial score (nSPS) is 19.5. The molecule has 6 heteroatoms. The maximum atomic E-state index is 4.72. The molecule has 5 nitrogen and oxygen atoms in total. The van der Waals surface area contributed by atoms with E-state index < -0.39 is 0 Å². The SMILES string of the molecule is C=N/C=N\C1=C(C)C(c2nc3cccnc3s2)=C[C@@H](C)NC1. The Morgan fingerprint density at radius 3 is 3.14 bits per heavy atom. The third-order valence-electron chi connectivity index (χ3n) is 3.54. The molecule has 0 fully saturated rings. The van der Waals surface area contributed by atoms with E-state index in [4.69, 9.17) is 4.98 Å². The highest BCUT2D eigenvalue weighted by Gasteiger charge is 2.18. The molecule has 3 rings (SSSR count). The molecule has 0 radical (unpaired) electrons. The molecule has 0 spiro atoms. The van der Waals surface area contributed by atoms with Gasteiger partial charge in [-0.2, -0.15) is 0 Å². The van der Waals surface area contributed by atoms with Gasteiger partial charge < -0.3 is 5.32 Å². The van der Waals surface area contributed by atoms with Crippen molar-refractivity contribution in [3.8, 4) is 0 Å². The second-order valence-corrected chi connectivity index (χ2v) is 6.07. The largest absolute Gasteiger partial charge is 0.305 e. The molecule has 0 bridgehead atoms. The summed E-state index contributed by atoms with van der Waals surface area (Å²) in [5, 5.41) is 4.39. The van der Waals surface area contributed by atoms with E-state index in [0.29, 0.717) is 6.54 Å². The van der Waals surface area contributed by atoms with E-state index in [2.05, 4.69) is 46.9 Å². The number of rotatable bonds is 3. The molecule has 1 aliphatic heterocycles. The van der Waals surface area contributed by atoms with E-state index in [0.717, 1.165) is 32.2 Å². The summed E-state index contributed by atoms with van der Waals surface area (Å²) in [6.07, 6.45) is 5.47. The zero-order valence-corrected chi connectivity index (χ0v) is 13.4. The Hall–Kier alpha value is -2.18. The van der Waals surface area contributed by atoms with E-state index in [1.807, 2.05) is 12.1 Å². The van der Waals surface area contributed by atoms with Gasteiger partial charge in [0.1, 0.15) is 21.7 Å². The average Bonchev–Trinajstić information content (AvgIpc) is 2.89. The lowest BCUT2D eigenvalue weighted by Gasteiger charge is -2.06. The fourth-order valence-corrected chi connectivity index (χ4v) is 3.34. The first kappa shape index (κ1) is 14.7. The van der Waals surface area contributed by atoms with Crippen LogP contribution in [-0.4, -0.2) is 35.6 Å². The molecule has 0 amide bonds. The zero-order valence-electron chi connectivity index (χ0n) is 12.6. The van der Waals surface area contributed by atoms with Crippen LogP contribution in [0.4, 0.5) is 0 Å². The number of thiazole rings is 1. The van der Waals surface area contributed by atoms with Gasteiger partial charge in [-0.05, 0) is 38.3 Å². The van der Waals surface area contributed by atoms with E-state index in [1.54, 1.807) is 17.5 Å². The third kappa shape index (κ3) is 2.88. The molecule has 22 heavy (non-hydrogen) atoms. The monoisotopic (exact) mass is 311 g/mol. The minimum Gasteiger partial charge on any atom is -0.305 e. The quantitative estimate of drug-likeness (QED) is 0.700. The summed E-state index contributed by atoms with van der Waals surface area (Å²) in [7, 11) is 0. The van der Waals surface area contributed by atoms with Gasteiger partial charge in [-0.15, -0.1) is 0 Å². The van der Waals surface area contributed by atoms with Crippen LogP contribution in [0.1, 0.15) is 18.9 Å². The summed E-state index contributed by atoms with van der Waals surface area (Å²) in [4.78, 5) is 18.1. The maximum absolute atomic E-state index is 4.72. The molecule has 0 unspecified atom stereocenters. The van der Waals surface area contributed by atoms with Gasteiger partial charge in [-0.25, -0.2) is 15.0 Å². The number of nitrogens with zero attached hydrogens (tertiary/aromatic N) is 4. The Morgan fingerprint density at radius 1 is 1.50 bits per heavy atom. The van der Waals surface area contributed by atoms with Crippen LogP contribution in [0.5, 0.6) is 0 Å². The van der Waals surface area contributed by atoms with Crippen molar-refractivity contribution in [1.29, 1.82) is 0 Å². The molecule has 2 aromatic rings. The molecule has 0 saturated heterocycles. The molecule has 3 heterocycles. The number of pyridine rings is 1. The highest BCUT2D eigenvalue weighted by Crippen LogP contribution is 2.32. The fraction of sp³-hybridized carbons (Fsp3) is 0.250. The molecule has 0 aromatic carbocycles. The first-order valence-corrected chi connectivity index (χ1v) is 7.86. The van der Waals surface area contributed by atoms with Gasteiger partial charge in [0.15, 0.2) is 0 Å².